The predicted octanol–water partition coefficient (Wildman–Crippen LogP) is 4.67. The van der Waals surface area contributed by atoms with Crippen LogP contribution in [-0.4, -0.2) is 16.7 Å². The molecule has 0 aliphatic rings. The Morgan fingerprint density at radius 1 is 1.29 bits per heavy atom. The van der Waals surface area contributed by atoms with Crippen LogP contribution in [0.1, 0.15) is 5.82 Å². The van der Waals surface area contributed by atoms with Crippen molar-refractivity contribution in [3.05, 3.63) is 52.5 Å². The zero-order valence-electron chi connectivity index (χ0n) is 11.1. The fourth-order valence-electron chi connectivity index (χ4n) is 2.27. The van der Waals surface area contributed by atoms with Gasteiger partial charge in [-0.25, -0.2) is 9.37 Å². The zero-order chi connectivity index (χ0) is 15.0. The Balaban J connectivity index is 2.27. The second-order valence-corrected chi connectivity index (χ2v) is 5.63. The van der Waals surface area contributed by atoms with Crippen LogP contribution in [0.15, 0.2) is 40.9 Å². The Morgan fingerprint density at radius 2 is 2.10 bits per heavy atom. The number of rotatable bonds is 3. The van der Waals surface area contributed by atoms with E-state index in [-0.39, 0.29) is 11.6 Å². The third-order valence-corrected chi connectivity index (χ3v) is 3.93. The molecule has 0 aliphatic carbocycles. The molecule has 0 aliphatic heterocycles. The minimum absolute atomic E-state index is 0.205. The summed E-state index contributed by atoms with van der Waals surface area (Å²) < 4.78 is 21.7. The first-order valence-electron chi connectivity index (χ1n) is 6.21. The van der Waals surface area contributed by atoms with Crippen molar-refractivity contribution in [2.45, 2.75) is 5.88 Å². The molecule has 0 bridgehead atoms. The van der Waals surface area contributed by atoms with Crippen molar-refractivity contribution in [2.24, 2.45) is 0 Å². The van der Waals surface area contributed by atoms with Crippen LogP contribution in [0.4, 0.5) is 4.39 Å². The Bertz CT molecular complexity index is 819. The molecule has 3 aromatic rings. The SMILES string of the molecule is COc1ccc(-n2c(CCl)nc3ccc(Br)cc32)cc1F. The third kappa shape index (κ3) is 2.51. The first-order chi connectivity index (χ1) is 10.1. The molecule has 0 N–H and O–H groups in total. The summed E-state index contributed by atoms with van der Waals surface area (Å²) in [5.41, 5.74) is 2.33. The highest BCUT2D eigenvalue weighted by Crippen LogP contribution is 2.27. The average molecular weight is 370 g/mol. The maximum absolute atomic E-state index is 14.0. The number of benzene rings is 2. The molecule has 2 aromatic carbocycles. The molecule has 21 heavy (non-hydrogen) atoms. The quantitative estimate of drug-likeness (QED) is 0.627. The minimum atomic E-state index is -0.424. The van der Waals surface area contributed by atoms with Crippen LogP contribution >= 0.6 is 27.5 Å². The third-order valence-electron chi connectivity index (χ3n) is 3.20. The average Bonchev–Trinajstić information content (AvgIpc) is 2.84. The summed E-state index contributed by atoms with van der Waals surface area (Å²) in [6.07, 6.45) is 0. The minimum Gasteiger partial charge on any atom is -0.494 e. The summed E-state index contributed by atoms with van der Waals surface area (Å²) in [6.45, 7) is 0. The van der Waals surface area contributed by atoms with Gasteiger partial charge in [-0.2, -0.15) is 0 Å². The van der Waals surface area contributed by atoms with Crippen molar-refractivity contribution in [1.82, 2.24) is 9.55 Å². The molecule has 3 nitrogen and oxygen atoms in total. The standard InChI is InChI=1S/C15H11BrClFN2O/c1-21-14-5-3-10(7-11(14)18)20-13-6-9(16)2-4-12(13)19-15(20)8-17/h2-7H,8H2,1H3. The molecular formula is C15H11BrClFN2O. The number of ether oxygens (including phenoxy) is 1. The lowest BCUT2D eigenvalue weighted by molar-refractivity contribution is 0.386. The smallest absolute Gasteiger partial charge is 0.167 e. The topological polar surface area (TPSA) is 27.1 Å². The van der Waals surface area contributed by atoms with Crippen molar-refractivity contribution in [1.29, 1.82) is 0 Å². The number of fused-ring (bicyclic) bond motifs is 1. The van der Waals surface area contributed by atoms with E-state index in [9.17, 15) is 4.39 Å². The summed E-state index contributed by atoms with van der Waals surface area (Å²) in [5.74, 6) is 0.679. The molecule has 0 saturated carbocycles. The van der Waals surface area contributed by atoms with Gasteiger partial charge in [0.15, 0.2) is 11.6 Å². The van der Waals surface area contributed by atoms with Crippen LogP contribution in [0.25, 0.3) is 16.7 Å². The summed E-state index contributed by atoms with van der Waals surface area (Å²) in [6, 6.07) is 10.5. The van der Waals surface area contributed by atoms with Crippen LogP contribution in [0.5, 0.6) is 5.75 Å². The number of hydrogen-bond acceptors (Lipinski definition) is 2. The number of aromatic nitrogens is 2. The van der Waals surface area contributed by atoms with E-state index in [1.807, 2.05) is 22.8 Å². The molecule has 0 atom stereocenters. The van der Waals surface area contributed by atoms with Gasteiger partial charge in [0, 0.05) is 10.5 Å². The lowest BCUT2D eigenvalue weighted by Crippen LogP contribution is -2.00. The monoisotopic (exact) mass is 368 g/mol. The first-order valence-corrected chi connectivity index (χ1v) is 7.53. The van der Waals surface area contributed by atoms with Crippen LogP contribution in [-0.2, 0) is 5.88 Å². The van der Waals surface area contributed by atoms with Gasteiger partial charge in [0.2, 0.25) is 0 Å². The number of alkyl halides is 1. The van der Waals surface area contributed by atoms with Crippen LogP contribution < -0.4 is 4.74 Å². The molecule has 0 radical (unpaired) electrons. The van der Waals surface area contributed by atoms with Gasteiger partial charge in [-0.1, -0.05) is 15.9 Å². The van der Waals surface area contributed by atoms with Crippen molar-refractivity contribution in [3.8, 4) is 11.4 Å². The molecule has 1 heterocycles. The van der Waals surface area contributed by atoms with Crippen molar-refractivity contribution in [2.75, 3.05) is 7.11 Å². The van der Waals surface area contributed by atoms with E-state index in [2.05, 4.69) is 20.9 Å². The van der Waals surface area contributed by atoms with E-state index in [0.717, 1.165) is 15.5 Å². The van der Waals surface area contributed by atoms with Gasteiger partial charge in [-0.05, 0) is 30.3 Å². The van der Waals surface area contributed by atoms with Crippen molar-refractivity contribution >= 4 is 38.6 Å². The largest absolute Gasteiger partial charge is 0.494 e. The lowest BCUT2D eigenvalue weighted by Gasteiger charge is -2.10. The Morgan fingerprint density at radius 3 is 2.76 bits per heavy atom. The zero-order valence-corrected chi connectivity index (χ0v) is 13.4. The lowest BCUT2D eigenvalue weighted by atomic mass is 10.2. The number of imidazole rings is 1. The molecule has 0 unspecified atom stereocenters. The summed E-state index contributed by atoms with van der Waals surface area (Å²) in [5, 5.41) is 0. The van der Waals surface area contributed by atoms with Crippen molar-refractivity contribution in [3.63, 3.8) is 0 Å². The highest BCUT2D eigenvalue weighted by atomic mass is 79.9. The van der Waals surface area contributed by atoms with Crippen molar-refractivity contribution < 1.29 is 9.13 Å². The summed E-state index contributed by atoms with van der Waals surface area (Å²) >= 11 is 9.42. The van der Waals surface area contributed by atoms with Gasteiger partial charge in [0.05, 0.1) is 29.7 Å². The molecular weight excluding hydrogens is 359 g/mol. The molecule has 0 amide bonds. The van der Waals surface area contributed by atoms with Gasteiger partial charge in [-0.15, -0.1) is 11.6 Å². The normalized spacial score (nSPS) is 11.0. The molecule has 0 spiro atoms. The van der Waals surface area contributed by atoms with E-state index in [1.165, 1.54) is 13.2 Å². The van der Waals surface area contributed by atoms with E-state index in [4.69, 9.17) is 16.3 Å². The maximum Gasteiger partial charge on any atom is 0.167 e. The fourth-order valence-corrected chi connectivity index (χ4v) is 2.80. The van der Waals surface area contributed by atoms with Gasteiger partial charge in [0.1, 0.15) is 5.82 Å². The highest BCUT2D eigenvalue weighted by Gasteiger charge is 2.14. The molecule has 108 valence electrons. The Kier molecular flexibility index (Phi) is 3.87. The molecule has 1 aromatic heterocycles. The second-order valence-electron chi connectivity index (χ2n) is 4.45. The Hall–Kier alpha value is -1.59. The molecule has 6 heteroatoms. The van der Waals surface area contributed by atoms with E-state index in [1.54, 1.807) is 12.1 Å². The first kappa shape index (κ1) is 14.4. The number of nitrogens with zero attached hydrogens (tertiary/aromatic N) is 2. The van der Waals surface area contributed by atoms with Gasteiger partial charge < -0.3 is 4.74 Å². The second kappa shape index (κ2) is 5.66. The highest BCUT2D eigenvalue weighted by molar-refractivity contribution is 9.10. The van der Waals surface area contributed by atoms with E-state index >= 15 is 0 Å². The van der Waals surface area contributed by atoms with E-state index in [0.29, 0.717) is 11.5 Å². The fraction of sp³-hybridized carbons (Fsp3) is 0.133. The molecule has 0 fully saturated rings. The molecule has 3 rings (SSSR count). The van der Waals surface area contributed by atoms with Crippen LogP contribution in [0.3, 0.4) is 0 Å². The number of methoxy groups -OCH3 is 1. The predicted molar refractivity (Wildman–Crippen MR) is 84.8 cm³/mol. The Labute approximate surface area is 134 Å². The number of hydrogen-bond donors (Lipinski definition) is 0. The summed E-state index contributed by atoms with van der Waals surface area (Å²) in [4.78, 5) is 4.48. The number of halogens is 3. The van der Waals surface area contributed by atoms with E-state index < -0.39 is 5.82 Å². The maximum atomic E-state index is 14.0. The molecule has 0 saturated heterocycles. The van der Waals surface area contributed by atoms with Gasteiger partial charge >= 0.3 is 0 Å². The van der Waals surface area contributed by atoms with Gasteiger partial charge in [0.25, 0.3) is 0 Å². The van der Waals surface area contributed by atoms with Crippen LogP contribution in [0, 0.1) is 5.82 Å². The van der Waals surface area contributed by atoms with Crippen LogP contribution in [0.2, 0.25) is 0 Å². The summed E-state index contributed by atoms with van der Waals surface area (Å²) in [7, 11) is 1.44. The van der Waals surface area contributed by atoms with Gasteiger partial charge in [-0.3, -0.25) is 4.57 Å².